The lowest BCUT2D eigenvalue weighted by molar-refractivity contribution is -0.117. The Kier molecular flexibility index (Phi) is 6.16. The van der Waals surface area contributed by atoms with Crippen LogP contribution in [-0.4, -0.2) is 32.4 Å². The molecule has 1 aromatic rings. The Morgan fingerprint density at radius 1 is 1.45 bits per heavy atom. The summed E-state index contributed by atoms with van der Waals surface area (Å²) in [5.41, 5.74) is 7.40. The first-order valence-corrected chi connectivity index (χ1v) is 9.11. The van der Waals surface area contributed by atoms with Crippen LogP contribution < -0.4 is 11.1 Å². The first kappa shape index (κ1) is 17.1. The Morgan fingerprint density at radius 3 is 2.65 bits per heavy atom. The molecule has 0 saturated heterocycles. The van der Waals surface area contributed by atoms with E-state index in [0.29, 0.717) is 5.69 Å². The molecule has 0 aliphatic heterocycles. The standard InChI is InChI=1S/C13H19BrN2O3S/c1-3-9-8-10(14)4-5-12(9)16-13(17)11(15)6-7-20(2,18)19/h4-5,8,11H,3,6-7,15H2,1-2H3,(H,16,17). The Labute approximate surface area is 128 Å². The molecule has 0 saturated carbocycles. The van der Waals surface area contributed by atoms with Crippen LogP contribution in [0.2, 0.25) is 0 Å². The van der Waals surface area contributed by atoms with E-state index in [-0.39, 0.29) is 18.1 Å². The third-order valence-corrected chi connectivity index (χ3v) is 4.31. The number of anilines is 1. The molecule has 0 radical (unpaired) electrons. The SMILES string of the molecule is CCc1cc(Br)ccc1NC(=O)C(N)CCS(C)(=O)=O. The maximum Gasteiger partial charge on any atom is 0.241 e. The number of carbonyl (C=O) groups is 1. The number of nitrogens with one attached hydrogen (secondary N) is 1. The van der Waals surface area contributed by atoms with Gasteiger partial charge in [0.1, 0.15) is 9.84 Å². The van der Waals surface area contributed by atoms with E-state index < -0.39 is 15.9 Å². The highest BCUT2D eigenvalue weighted by atomic mass is 79.9. The zero-order chi connectivity index (χ0) is 15.3. The minimum Gasteiger partial charge on any atom is -0.324 e. The van der Waals surface area contributed by atoms with E-state index in [0.717, 1.165) is 22.7 Å². The average Bonchev–Trinajstić information content (AvgIpc) is 2.36. The lowest BCUT2D eigenvalue weighted by Crippen LogP contribution is -2.37. The average molecular weight is 363 g/mol. The van der Waals surface area contributed by atoms with Crippen molar-refractivity contribution in [2.24, 2.45) is 5.73 Å². The molecule has 0 fully saturated rings. The van der Waals surface area contributed by atoms with Gasteiger partial charge < -0.3 is 11.1 Å². The summed E-state index contributed by atoms with van der Waals surface area (Å²) in [6, 6.07) is 4.72. The van der Waals surface area contributed by atoms with Crippen LogP contribution in [0.15, 0.2) is 22.7 Å². The maximum atomic E-state index is 11.9. The van der Waals surface area contributed by atoms with Crippen molar-refractivity contribution in [1.82, 2.24) is 0 Å². The second kappa shape index (κ2) is 7.19. The van der Waals surface area contributed by atoms with Crippen molar-refractivity contribution in [2.45, 2.75) is 25.8 Å². The smallest absolute Gasteiger partial charge is 0.241 e. The molecule has 3 N–H and O–H groups in total. The van der Waals surface area contributed by atoms with Gasteiger partial charge in [-0.25, -0.2) is 8.42 Å². The van der Waals surface area contributed by atoms with Gasteiger partial charge in [0.25, 0.3) is 0 Å². The lowest BCUT2D eigenvalue weighted by atomic mass is 10.1. The molecule has 0 aliphatic rings. The van der Waals surface area contributed by atoms with Crippen LogP contribution in [0.5, 0.6) is 0 Å². The summed E-state index contributed by atoms with van der Waals surface area (Å²) in [6.45, 7) is 1.99. The second-order valence-corrected chi connectivity index (χ2v) is 7.84. The van der Waals surface area contributed by atoms with Crippen molar-refractivity contribution in [2.75, 3.05) is 17.3 Å². The second-order valence-electron chi connectivity index (χ2n) is 4.67. The van der Waals surface area contributed by atoms with Gasteiger partial charge in [0, 0.05) is 16.4 Å². The van der Waals surface area contributed by atoms with Gasteiger partial charge in [0.05, 0.1) is 11.8 Å². The fraction of sp³-hybridized carbons (Fsp3) is 0.462. The molecular formula is C13H19BrN2O3S. The monoisotopic (exact) mass is 362 g/mol. The number of hydrogen-bond donors (Lipinski definition) is 2. The van der Waals surface area contributed by atoms with Crippen molar-refractivity contribution in [3.63, 3.8) is 0 Å². The van der Waals surface area contributed by atoms with Crippen LogP contribution in [-0.2, 0) is 21.1 Å². The predicted octanol–water partition coefficient (Wildman–Crippen LogP) is 1.71. The summed E-state index contributed by atoms with van der Waals surface area (Å²) >= 11 is 3.37. The fourth-order valence-electron chi connectivity index (χ4n) is 1.67. The quantitative estimate of drug-likeness (QED) is 0.805. The minimum atomic E-state index is -3.11. The van der Waals surface area contributed by atoms with Crippen LogP contribution in [0, 0.1) is 0 Å². The van der Waals surface area contributed by atoms with Crippen molar-refractivity contribution in [3.8, 4) is 0 Å². The first-order chi connectivity index (χ1) is 9.23. The van der Waals surface area contributed by atoms with Gasteiger partial charge in [-0.15, -0.1) is 0 Å². The van der Waals surface area contributed by atoms with Gasteiger partial charge in [-0.05, 0) is 36.6 Å². The largest absolute Gasteiger partial charge is 0.324 e. The molecule has 1 unspecified atom stereocenters. The summed E-state index contributed by atoms with van der Waals surface area (Å²) in [5.74, 6) is -0.464. The maximum absolute atomic E-state index is 11.9. The highest BCUT2D eigenvalue weighted by Crippen LogP contribution is 2.21. The Morgan fingerprint density at radius 2 is 2.10 bits per heavy atom. The third-order valence-electron chi connectivity index (χ3n) is 2.84. The zero-order valence-electron chi connectivity index (χ0n) is 11.5. The van der Waals surface area contributed by atoms with Crippen molar-refractivity contribution >= 4 is 37.4 Å². The molecule has 1 atom stereocenters. The Balaban J connectivity index is 2.70. The summed E-state index contributed by atoms with van der Waals surface area (Å²) in [4.78, 5) is 11.9. The van der Waals surface area contributed by atoms with E-state index in [1.807, 2.05) is 19.1 Å². The zero-order valence-corrected chi connectivity index (χ0v) is 13.9. The molecular weight excluding hydrogens is 344 g/mol. The lowest BCUT2D eigenvalue weighted by Gasteiger charge is -2.14. The fourth-order valence-corrected chi connectivity index (χ4v) is 2.76. The molecule has 0 heterocycles. The van der Waals surface area contributed by atoms with Gasteiger partial charge in [-0.2, -0.15) is 0 Å². The van der Waals surface area contributed by atoms with E-state index in [1.165, 1.54) is 0 Å². The van der Waals surface area contributed by atoms with Gasteiger partial charge in [0.15, 0.2) is 0 Å². The summed E-state index contributed by atoms with van der Waals surface area (Å²) in [7, 11) is -3.11. The van der Waals surface area contributed by atoms with Crippen LogP contribution in [0.25, 0.3) is 0 Å². The van der Waals surface area contributed by atoms with E-state index in [1.54, 1.807) is 6.07 Å². The number of rotatable bonds is 6. The van der Waals surface area contributed by atoms with E-state index in [4.69, 9.17) is 5.73 Å². The molecule has 20 heavy (non-hydrogen) atoms. The number of sulfone groups is 1. The highest BCUT2D eigenvalue weighted by molar-refractivity contribution is 9.10. The molecule has 0 bridgehead atoms. The van der Waals surface area contributed by atoms with E-state index >= 15 is 0 Å². The summed E-state index contributed by atoms with van der Waals surface area (Å²) in [5, 5.41) is 2.75. The normalized spacial score (nSPS) is 13.0. The van der Waals surface area contributed by atoms with Crippen molar-refractivity contribution < 1.29 is 13.2 Å². The molecule has 0 aliphatic carbocycles. The molecule has 7 heteroatoms. The van der Waals surface area contributed by atoms with E-state index in [9.17, 15) is 13.2 Å². The minimum absolute atomic E-state index is 0.0947. The van der Waals surface area contributed by atoms with Gasteiger partial charge in [-0.3, -0.25) is 4.79 Å². The number of nitrogens with two attached hydrogens (primary N) is 1. The van der Waals surface area contributed by atoms with Gasteiger partial charge in [-0.1, -0.05) is 22.9 Å². The molecule has 1 aromatic carbocycles. The molecule has 1 rings (SSSR count). The Bertz CT molecular complexity index is 587. The number of halogens is 1. The first-order valence-electron chi connectivity index (χ1n) is 6.25. The molecule has 0 spiro atoms. The Hall–Kier alpha value is -0.920. The number of aryl methyl sites for hydroxylation is 1. The predicted molar refractivity (Wildman–Crippen MR) is 84.5 cm³/mol. The van der Waals surface area contributed by atoms with Crippen LogP contribution in [0.3, 0.4) is 0 Å². The van der Waals surface area contributed by atoms with E-state index in [2.05, 4.69) is 21.2 Å². The van der Waals surface area contributed by atoms with Crippen LogP contribution in [0.4, 0.5) is 5.69 Å². The van der Waals surface area contributed by atoms with Crippen molar-refractivity contribution in [1.29, 1.82) is 0 Å². The summed E-state index contributed by atoms with van der Waals surface area (Å²) in [6.07, 6.45) is 2.01. The molecule has 0 aromatic heterocycles. The summed E-state index contributed by atoms with van der Waals surface area (Å²) < 4.78 is 23.1. The number of carbonyl (C=O) groups excluding carboxylic acids is 1. The topological polar surface area (TPSA) is 89.3 Å². The molecule has 5 nitrogen and oxygen atoms in total. The number of amides is 1. The van der Waals surface area contributed by atoms with Gasteiger partial charge >= 0.3 is 0 Å². The number of benzene rings is 1. The number of hydrogen-bond acceptors (Lipinski definition) is 4. The van der Waals surface area contributed by atoms with Gasteiger partial charge in [0.2, 0.25) is 5.91 Å². The highest BCUT2D eigenvalue weighted by Gasteiger charge is 2.17. The molecule has 112 valence electrons. The van der Waals surface area contributed by atoms with Crippen LogP contribution >= 0.6 is 15.9 Å². The van der Waals surface area contributed by atoms with Crippen molar-refractivity contribution in [3.05, 3.63) is 28.2 Å². The third kappa shape index (κ3) is 5.60. The molecule has 1 amide bonds. The van der Waals surface area contributed by atoms with Crippen LogP contribution in [0.1, 0.15) is 18.9 Å².